The van der Waals surface area contributed by atoms with Crippen molar-refractivity contribution in [2.45, 2.75) is 19.8 Å². The predicted octanol–water partition coefficient (Wildman–Crippen LogP) is 1.35. The van der Waals surface area contributed by atoms with E-state index in [0.29, 0.717) is 6.42 Å². The first kappa shape index (κ1) is 17.0. The lowest BCUT2D eigenvalue weighted by Crippen LogP contribution is -2.45. The minimum atomic E-state index is -0.538. The molecule has 8 heteroatoms. The summed E-state index contributed by atoms with van der Waals surface area (Å²) in [6, 6.07) is 1.51. The standard InChI is InChI=1S/C15H18N2O5S/c1-2-21-14(19)11-7-16-15(20)17-12(11)8-22-13(18)4-3-10-5-6-23-9-10/h5-6,9H,2-4,7-8H2,1H3,(H2,16,17,20). The maximum atomic E-state index is 11.8. The van der Waals surface area contributed by atoms with E-state index >= 15 is 0 Å². The first-order chi connectivity index (χ1) is 11.1. The summed E-state index contributed by atoms with van der Waals surface area (Å²) in [7, 11) is 0. The predicted molar refractivity (Wildman–Crippen MR) is 83.8 cm³/mol. The number of hydrogen-bond donors (Lipinski definition) is 2. The van der Waals surface area contributed by atoms with Crippen LogP contribution in [0.15, 0.2) is 28.1 Å². The molecule has 0 saturated carbocycles. The summed E-state index contributed by atoms with van der Waals surface area (Å²) in [4.78, 5) is 35.0. The summed E-state index contributed by atoms with van der Waals surface area (Å²) >= 11 is 1.57. The van der Waals surface area contributed by atoms with E-state index in [1.54, 1.807) is 18.3 Å². The van der Waals surface area contributed by atoms with Crippen molar-refractivity contribution in [1.29, 1.82) is 0 Å². The number of thiophene rings is 1. The lowest BCUT2D eigenvalue weighted by atomic mass is 10.1. The molecule has 0 unspecified atom stereocenters. The third-order valence-electron chi connectivity index (χ3n) is 3.15. The van der Waals surface area contributed by atoms with Gasteiger partial charge < -0.3 is 20.1 Å². The molecule has 0 spiro atoms. The second-order valence-electron chi connectivity index (χ2n) is 4.78. The van der Waals surface area contributed by atoms with E-state index in [4.69, 9.17) is 9.47 Å². The van der Waals surface area contributed by atoms with E-state index in [1.165, 1.54) is 0 Å². The zero-order valence-corrected chi connectivity index (χ0v) is 13.5. The van der Waals surface area contributed by atoms with Gasteiger partial charge in [-0.3, -0.25) is 4.79 Å². The first-order valence-corrected chi connectivity index (χ1v) is 8.15. The van der Waals surface area contributed by atoms with Crippen molar-refractivity contribution < 1.29 is 23.9 Å². The van der Waals surface area contributed by atoms with Crippen LogP contribution >= 0.6 is 11.3 Å². The molecule has 0 saturated heterocycles. The number of amides is 2. The molecule has 0 radical (unpaired) electrons. The van der Waals surface area contributed by atoms with Crippen LogP contribution in [0, 0.1) is 0 Å². The Bertz CT molecular complexity index is 609. The lowest BCUT2D eigenvalue weighted by Gasteiger charge is -2.21. The van der Waals surface area contributed by atoms with Crippen LogP contribution in [0.3, 0.4) is 0 Å². The number of carbonyl (C=O) groups excluding carboxylic acids is 3. The minimum Gasteiger partial charge on any atom is -0.463 e. The highest BCUT2D eigenvalue weighted by molar-refractivity contribution is 7.07. The van der Waals surface area contributed by atoms with Crippen LogP contribution in [0.25, 0.3) is 0 Å². The van der Waals surface area contributed by atoms with Crippen LogP contribution in [0.4, 0.5) is 4.79 Å². The Balaban J connectivity index is 1.90. The van der Waals surface area contributed by atoms with Gasteiger partial charge in [-0.1, -0.05) is 0 Å². The molecule has 23 heavy (non-hydrogen) atoms. The quantitative estimate of drug-likeness (QED) is 0.732. The molecule has 1 aliphatic rings. The highest BCUT2D eigenvalue weighted by Gasteiger charge is 2.24. The van der Waals surface area contributed by atoms with Crippen molar-refractivity contribution in [3.63, 3.8) is 0 Å². The molecule has 0 aliphatic carbocycles. The molecular weight excluding hydrogens is 320 g/mol. The lowest BCUT2D eigenvalue weighted by molar-refractivity contribution is -0.143. The van der Waals surface area contributed by atoms with Crippen molar-refractivity contribution in [3.05, 3.63) is 33.7 Å². The normalized spacial score (nSPS) is 14.0. The topological polar surface area (TPSA) is 93.7 Å². The maximum Gasteiger partial charge on any atom is 0.337 e. The van der Waals surface area contributed by atoms with E-state index in [0.717, 1.165) is 5.56 Å². The summed E-state index contributed by atoms with van der Waals surface area (Å²) < 4.78 is 10.1. The highest BCUT2D eigenvalue weighted by atomic mass is 32.1. The van der Waals surface area contributed by atoms with E-state index in [2.05, 4.69) is 10.6 Å². The Morgan fingerprint density at radius 1 is 1.35 bits per heavy atom. The molecule has 7 nitrogen and oxygen atoms in total. The van der Waals surface area contributed by atoms with Gasteiger partial charge in [0.05, 0.1) is 24.4 Å². The van der Waals surface area contributed by atoms with Gasteiger partial charge >= 0.3 is 18.0 Å². The van der Waals surface area contributed by atoms with Crippen LogP contribution in [0.5, 0.6) is 0 Å². The molecule has 2 heterocycles. The molecule has 2 N–H and O–H groups in total. The van der Waals surface area contributed by atoms with Gasteiger partial charge in [0.1, 0.15) is 6.61 Å². The van der Waals surface area contributed by atoms with E-state index < -0.39 is 12.0 Å². The fourth-order valence-electron chi connectivity index (χ4n) is 1.97. The van der Waals surface area contributed by atoms with Crippen LogP contribution in [0.1, 0.15) is 18.9 Å². The molecule has 0 bridgehead atoms. The van der Waals surface area contributed by atoms with Gasteiger partial charge in [-0.15, -0.1) is 0 Å². The number of hydrogen-bond acceptors (Lipinski definition) is 6. The van der Waals surface area contributed by atoms with Crippen molar-refractivity contribution >= 4 is 29.3 Å². The van der Waals surface area contributed by atoms with Gasteiger partial charge in [-0.05, 0) is 35.7 Å². The molecule has 0 fully saturated rings. The Kier molecular flexibility index (Phi) is 6.16. The van der Waals surface area contributed by atoms with Crippen LogP contribution in [0.2, 0.25) is 0 Å². The third kappa shape index (κ3) is 5.10. The van der Waals surface area contributed by atoms with Gasteiger partial charge in [0.15, 0.2) is 0 Å². The largest absolute Gasteiger partial charge is 0.463 e. The maximum absolute atomic E-state index is 11.8. The number of nitrogens with one attached hydrogen (secondary N) is 2. The van der Waals surface area contributed by atoms with Gasteiger partial charge in [0, 0.05) is 6.42 Å². The molecule has 1 aliphatic heterocycles. The molecule has 2 rings (SSSR count). The number of esters is 2. The molecule has 1 aromatic rings. The Labute approximate surface area is 137 Å². The van der Waals surface area contributed by atoms with Crippen molar-refractivity contribution in [3.8, 4) is 0 Å². The number of urea groups is 1. The van der Waals surface area contributed by atoms with E-state index in [-0.39, 0.29) is 43.4 Å². The van der Waals surface area contributed by atoms with Gasteiger partial charge in [0.25, 0.3) is 0 Å². The second kappa shape index (κ2) is 8.33. The summed E-state index contributed by atoms with van der Waals surface area (Å²) in [5, 5.41) is 8.89. The van der Waals surface area contributed by atoms with Crippen molar-refractivity contribution in [2.24, 2.45) is 0 Å². The Morgan fingerprint density at radius 2 is 2.17 bits per heavy atom. The smallest absolute Gasteiger partial charge is 0.337 e. The number of carbonyl (C=O) groups is 3. The number of rotatable bonds is 7. The zero-order valence-electron chi connectivity index (χ0n) is 12.7. The fourth-order valence-corrected chi connectivity index (χ4v) is 2.68. The Morgan fingerprint density at radius 3 is 2.87 bits per heavy atom. The number of aryl methyl sites for hydroxylation is 1. The van der Waals surface area contributed by atoms with Crippen molar-refractivity contribution in [1.82, 2.24) is 10.6 Å². The fraction of sp³-hybridized carbons (Fsp3) is 0.400. The number of ether oxygens (including phenoxy) is 2. The summed E-state index contributed by atoms with van der Waals surface area (Å²) in [6.45, 7) is 1.80. The molecule has 0 aromatic carbocycles. The molecule has 1 aromatic heterocycles. The van der Waals surface area contributed by atoms with Crippen LogP contribution in [-0.4, -0.2) is 37.7 Å². The van der Waals surface area contributed by atoms with Crippen LogP contribution in [-0.2, 0) is 25.5 Å². The van der Waals surface area contributed by atoms with Gasteiger partial charge in [-0.2, -0.15) is 11.3 Å². The molecule has 124 valence electrons. The Hall–Kier alpha value is -2.35. The molecule has 0 atom stereocenters. The summed E-state index contributed by atoms with van der Waals surface area (Å²) in [5.41, 5.74) is 1.60. The zero-order chi connectivity index (χ0) is 16.7. The van der Waals surface area contributed by atoms with Crippen molar-refractivity contribution in [2.75, 3.05) is 19.8 Å². The van der Waals surface area contributed by atoms with E-state index in [1.807, 2.05) is 16.8 Å². The van der Waals surface area contributed by atoms with E-state index in [9.17, 15) is 14.4 Å². The second-order valence-corrected chi connectivity index (χ2v) is 5.56. The average Bonchev–Trinajstić information content (AvgIpc) is 3.04. The SMILES string of the molecule is CCOC(=O)C1=C(COC(=O)CCc2ccsc2)NC(=O)NC1. The van der Waals surface area contributed by atoms with Gasteiger partial charge in [0.2, 0.25) is 0 Å². The minimum absolute atomic E-state index is 0.0481. The third-order valence-corrected chi connectivity index (χ3v) is 3.88. The molecule has 2 amide bonds. The molecular formula is C15H18N2O5S. The summed E-state index contributed by atoms with van der Waals surface area (Å²) in [5.74, 6) is -0.927. The van der Waals surface area contributed by atoms with Gasteiger partial charge in [-0.25, -0.2) is 9.59 Å². The van der Waals surface area contributed by atoms with Crippen LogP contribution < -0.4 is 10.6 Å². The first-order valence-electron chi connectivity index (χ1n) is 7.20. The highest BCUT2D eigenvalue weighted by Crippen LogP contribution is 2.11. The average molecular weight is 338 g/mol. The monoisotopic (exact) mass is 338 g/mol. The summed E-state index contributed by atoms with van der Waals surface area (Å²) in [6.07, 6.45) is 0.838.